The van der Waals surface area contributed by atoms with E-state index in [0.717, 1.165) is 0 Å². The SMILES string of the molecule is COC(=O)c1cc(Oc2ccc(C(C)C)cc2)ccc1N. The fourth-order valence-corrected chi connectivity index (χ4v) is 1.94. The third-order valence-corrected chi connectivity index (χ3v) is 3.21. The molecular formula is C17H19NO3. The van der Waals surface area contributed by atoms with Gasteiger partial charge >= 0.3 is 5.97 Å². The van der Waals surface area contributed by atoms with Crippen molar-refractivity contribution in [1.82, 2.24) is 0 Å². The second kappa shape index (κ2) is 6.31. The molecule has 2 aromatic carbocycles. The van der Waals surface area contributed by atoms with Crippen LogP contribution in [-0.4, -0.2) is 13.1 Å². The maximum absolute atomic E-state index is 11.6. The van der Waals surface area contributed by atoms with Crippen LogP contribution in [0.4, 0.5) is 5.69 Å². The number of benzene rings is 2. The second-order valence-corrected chi connectivity index (χ2v) is 5.07. The van der Waals surface area contributed by atoms with Gasteiger partial charge in [0.15, 0.2) is 0 Å². The van der Waals surface area contributed by atoms with E-state index in [0.29, 0.717) is 28.7 Å². The topological polar surface area (TPSA) is 61.5 Å². The number of nitrogen functional groups attached to an aromatic ring is 1. The third-order valence-electron chi connectivity index (χ3n) is 3.21. The van der Waals surface area contributed by atoms with Crippen LogP contribution in [-0.2, 0) is 4.74 Å². The Kier molecular flexibility index (Phi) is 4.48. The van der Waals surface area contributed by atoms with Gasteiger partial charge in [-0.3, -0.25) is 0 Å². The van der Waals surface area contributed by atoms with Gasteiger partial charge in [-0.05, 0) is 41.8 Å². The van der Waals surface area contributed by atoms with Crippen LogP contribution in [0.25, 0.3) is 0 Å². The lowest BCUT2D eigenvalue weighted by molar-refractivity contribution is 0.0601. The first-order valence-corrected chi connectivity index (χ1v) is 6.77. The summed E-state index contributed by atoms with van der Waals surface area (Å²) in [6, 6.07) is 12.8. The van der Waals surface area contributed by atoms with Crippen LogP contribution in [0, 0.1) is 0 Å². The van der Waals surface area contributed by atoms with Gasteiger partial charge in [-0.25, -0.2) is 4.79 Å². The number of carbonyl (C=O) groups excluding carboxylic acids is 1. The minimum Gasteiger partial charge on any atom is -0.465 e. The smallest absolute Gasteiger partial charge is 0.340 e. The van der Waals surface area contributed by atoms with Crippen LogP contribution in [0.3, 0.4) is 0 Å². The Morgan fingerprint density at radius 1 is 1.05 bits per heavy atom. The van der Waals surface area contributed by atoms with Gasteiger partial charge in [-0.2, -0.15) is 0 Å². The number of rotatable bonds is 4. The molecule has 110 valence electrons. The van der Waals surface area contributed by atoms with E-state index >= 15 is 0 Å². The molecule has 0 aliphatic rings. The van der Waals surface area contributed by atoms with E-state index in [2.05, 4.69) is 18.6 Å². The van der Waals surface area contributed by atoms with E-state index in [9.17, 15) is 4.79 Å². The molecule has 0 aliphatic heterocycles. The first-order valence-electron chi connectivity index (χ1n) is 6.77. The molecule has 0 aromatic heterocycles. The predicted molar refractivity (Wildman–Crippen MR) is 82.8 cm³/mol. The summed E-state index contributed by atoms with van der Waals surface area (Å²) in [5.41, 5.74) is 7.67. The molecule has 0 bridgehead atoms. The minimum absolute atomic E-state index is 0.300. The fraction of sp³-hybridized carbons (Fsp3) is 0.235. The summed E-state index contributed by atoms with van der Waals surface area (Å²) in [5.74, 6) is 1.25. The lowest BCUT2D eigenvalue weighted by atomic mass is 10.0. The Hall–Kier alpha value is -2.49. The van der Waals surface area contributed by atoms with Gasteiger partial charge in [0.05, 0.1) is 12.7 Å². The van der Waals surface area contributed by atoms with E-state index in [1.165, 1.54) is 12.7 Å². The summed E-state index contributed by atoms with van der Waals surface area (Å²) >= 11 is 0. The molecule has 21 heavy (non-hydrogen) atoms. The van der Waals surface area contributed by atoms with Crippen LogP contribution >= 0.6 is 0 Å². The van der Waals surface area contributed by atoms with E-state index in [4.69, 9.17) is 10.5 Å². The zero-order valence-electron chi connectivity index (χ0n) is 12.4. The molecule has 0 aliphatic carbocycles. The normalized spacial score (nSPS) is 10.5. The zero-order chi connectivity index (χ0) is 15.4. The van der Waals surface area contributed by atoms with Crippen LogP contribution in [0.5, 0.6) is 11.5 Å². The lowest BCUT2D eigenvalue weighted by Gasteiger charge is -2.10. The zero-order valence-corrected chi connectivity index (χ0v) is 12.4. The summed E-state index contributed by atoms with van der Waals surface area (Å²) in [7, 11) is 1.32. The average molecular weight is 285 g/mol. The number of hydrogen-bond donors (Lipinski definition) is 1. The van der Waals surface area contributed by atoms with Gasteiger partial charge in [0.2, 0.25) is 0 Å². The summed E-state index contributed by atoms with van der Waals surface area (Å²) < 4.78 is 10.4. The minimum atomic E-state index is -0.479. The number of ether oxygens (including phenoxy) is 2. The fourth-order valence-electron chi connectivity index (χ4n) is 1.94. The Morgan fingerprint density at radius 3 is 2.24 bits per heavy atom. The number of hydrogen-bond acceptors (Lipinski definition) is 4. The molecule has 2 rings (SSSR count). The molecule has 0 radical (unpaired) electrons. The van der Waals surface area contributed by atoms with Crippen LogP contribution < -0.4 is 10.5 Å². The van der Waals surface area contributed by atoms with Crippen molar-refractivity contribution in [3.8, 4) is 11.5 Å². The standard InChI is InChI=1S/C17H19NO3/c1-11(2)12-4-6-13(7-5-12)21-14-8-9-16(18)15(10-14)17(19)20-3/h4-11H,18H2,1-3H3. The highest BCUT2D eigenvalue weighted by Crippen LogP contribution is 2.27. The summed E-state index contributed by atoms with van der Waals surface area (Å²) in [6.45, 7) is 4.27. The number of carbonyl (C=O) groups is 1. The van der Waals surface area contributed by atoms with Crippen molar-refractivity contribution >= 4 is 11.7 Å². The molecule has 0 amide bonds. The van der Waals surface area contributed by atoms with Crippen molar-refractivity contribution in [3.63, 3.8) is 0 Å². The number of esters is 1. The molecule has 0 saturated carbocycles. The van der Waals surface area contributed by atoms with E-state index < -0.39 is 5.97 Å². The van der Waals surface area contributed by atoms with Crippen molar-refractivity contribution in [2.75, 3.05) is 12.8 Å². The molecule has 2 N–H and O–H groups in total. The first-order chi connectivity index (χ1) is 10.0. The predicted octanol–water partition coefficient (Wildman–Crippen LogP) is 3.97. The number of methoxy groups -OCH3 is 1. The maximum Gasteiger partial charge on any atom is 0.340 e. The van der Waals surface area contributed by atoms with Gasteiger partial charge in [-0.1, -0.05) is 26.0 Å². The highest BCUT2D eigenvalue weighted by Gasteiger charge is 2.11. The Bertz CT molecular complexity index is 633. The highest BCUT2D eigenvalue weighted by molar-refractivity contribution is 5.95. The molecule has 4 heteroatoms. The summed E-state index contributed by atoms with van der Waals surface area (Å²) in [4.78, 5) is 11.6. The van der Waals surface area contributed by atoms with Crippen molar-refractivity contribution in [3.05, 3.63) is 53.6 Å². The van der Waals surface area contributed by atoms with Gasteiger partial charge in [-0.15, -0.1) is 0 Å². The van der Waals surface area contributed by atoms with E-state index in [1.807, 2.05) is 24.3 Å². The number of anilines is 1. The van der Waals surface area contributed by atoms with E-state index in [1.54, 1.807) is 18.2 Å². The molecule has 4 nitrogen and oxygen atoms in total. The van der Waals surface area contributed by atoms with Crippen molar-refractivity contribution in [2.45, 2.75) is 19.8 Å². The van der Waals surface area contributed by atoms with Crippen molar-refractivity contribution in [1.29, 1.82) is 0 Å². The molecule has 2 aromatic rings. The monoisotopic (exact) mass is 285 g/mol. The van der Waals surface area contributed by atoms with Crippen LogP contribution in [0.15, 0.2) is 42.5 Å². The second-order valence-electron chi connectivity index (χ2n) is 5.07. The Labute approximate surface area is 124 Å². The molecular weight excluding hydrogens is 266 g/mol. The largest absolute Gasteiger partial charge is 0.465 e. The van der Waals surface area contributed by atoms with Crippen molar-refractivity contribution < 1.29 is 14.3 Å². The van der Waals surface area contributed by atoms with Crippen LogP contribution in [0.1, 0.15) is 35.7 Å². The average Bonchev–Trinajstić information content (AvgIpc) is 2.49. The molecule has 0 spiro atoms. The molecule has 0 saturated heterocycles. The van der Waals surface area contributed by atoms with Gasteiger partial charge in [0, 0.05) is 5.69 Å². The molecule has 0 atom stereocenters. The van der Waals surface area contributed by atoms with Crippen LogP contribution in [0.2, 0.25) is 0 Å². The maximum atomic E-state index is 11.6. The third kappa shape index (κ3) is 3.54. The first kappa shape index (κ1) is 14.9. The highest BCUT2D eigenvalue weighted by atomic mass is 16.5. The summed E-state index contributed by atoms with van der Waals surface area (Å²) in [5, 5.41) is 0. The van der Waals surface area contributed by atoms with Gasteiger partial charge in [0.25, 0.3) is 0 Å². The lowest BCUT2D eigenvalue weighted by Crippen LogP contribution is -2.05. The van der Waals surface area contributed by atoms with Gasteiger partial charge in [0.1, 0.15) is 11.5 Å². The Balaban J connectivity index is 2.21. The van der Waals surface area contributed by atoms with Gasteiger partial charge < -0.3 is 15.2 Å². The van der Waals surface area contributed by atoms with Crippen molar-refractivity contribution in [2.24, 2.45) is 0 Å². The quantitative estimate of drug-likeness (QED) is 0.682. The molecule has 0 heterocycles. The summed E-state index contributed by atoms with van der Waals surface area (Å²) in [6.07, 6.45) is 0. The Morgan fingerprint density at radius 2 is 1.67 bits per heavy atom. The van der Waals surface area contributed by atoms with E-state index in [-0.39, 0.29) is 0 Å². The molecule has 0 fully saturated rings. The molecule has 0 unspecified atom stereocenters. The number of nitrogens with two attached hydrogens (primary N) is 1.